The molecule has 1 heterocycles. The van der Waals surface area contributed by atoms with Gasteiger partial charge in [0.2, 0.25) is 5.91 Å². The van der Waals surface area contributed by atoms with Gasteiger partial charge in [0, 0.05) is 25.3 Å². The highest BCUT2D eigenvalue weighted by Gasteiger charge is 2.27. The first kappa shape index (κ1) is 25.4. The smallest absolute Gasteiger partial charge is 0.264 e. The van der Waals surface area contributed by atoms with Crippen LogP contribution in [0.15, 0.2) is 77.7 Å². The number of nitrogens with one attached hydrogen (secondary N) is 1. The molecule has 1 saturated heterocycles. The summed E-state index contributed by atoms with van der Waals surface area (Å²) >= 11 is 12.2. The van der Waals surface area contributed by atoms with E-state index in [1.165, 1.54) is 55.3 Å². The maximum Gasteiger partial charge on any atom is 0.264 e. The van der Waals surface area contributed by atoms with Crippen molar-refractivity contribution in [1.29, 1.82) is 0 Å². The summed E-state index contributed by atoms with van der Waals surface area (Å²) in [4.78, 5) is 15.3. The van der Waals surface area contributed by atoms with E-state index >= 15 is 0 Å². The van der Waals surface area contributed by atoms with Crippen LogP contribution >= 0.6 is 23.2 Å². The molecule has 1 amide bonds. The van der Waals surface area contributed by atoms with Gasteiger partial charge < -0.3 is 10.2 Å². The molecule has 0 bridgehead atoms. The van der Waals surface area contributed by atoms with Gasteiger partial charge in [0.25, 0.3) is 10.0 Å². The molecular formula is C26H27Cl2N3O3S. The fourth-order valence-corrected chi connectivity index (χ4v) is 5.76. The van der Waals surface area contributed by atoms with Crippen LogP contribution in [-0.4, -0.2) is 34.0 Å². The quantitative estimate of drug-likeness (QED) is 0.416. The van der Waals surface area contributed by atoms with Crippen molar-refractivity contribution in [3.8, 4) is 0 Å². The summed E-state index contributed by atoms with van der Waals surface area (Å²) < 4.78 is 27.8. The topological polar surface area (TPSA) is 69.7 Å². The third-order valence-corrected chi connectivity index (χ3v) is 8.48. The molecule has 1 N–H and O–H groups in total. The highest BCUT2D eigenvalue weighted by Crippen LogP contribution is 2.30. The number of sulfonamides is 1. The maximum atomic E-state index is 13.4. The van der Waals surface area contributed by atoms with Gasteiger partial charge in [-0.3, -0.25) is 9.10 Å². The summed E-state index contributed by atoms with van der Waals surface area (Å²) in [6, 6.07) is 20.6. The summed E-state index contributed by atoms with van der Waals surface area (Å²) in [5.41, 5.74) is 2.37. The van der Waals surface area contributed by atoms with E-state index in [-0.39, 0.29) is 15.6 Å². The summed E-state index contributed by atoms with van der Waals surface area (Å²) in [5, 5.41) is 3.33. The first-order valence-corrected chi connectivity index (χ1v) is 13.7. The Morgan fingerprint density at radius 1 is 0.886 bits per heavy atom. The number of piperidine rings is 1. The van der Waals surface area contributed by atoms with Crippen LogP contribution in [0.2, 0.25) is 10.0 Å². The zero-order chi connectivity index (χ0) is 24.8. The highest BCUT2D eigenvalue weighted by atomic mass is 35.5. The van der Waals surface area contributed by atoms with Crippen LogP contribution < -0.4 is 14.5 Å². The van der Waals surface area contributed by atoms with E-state index in [1.54, 1.807) is 18.2 Å². The summed E-state index contributed by atoms with van der Waals surface area (Å²) in [5.74, 6) is -0.435. The van der Waals surface area contributed by atoms with E-state index in [0.29, 0.717) is 11.6 Å². The van der Waals surface area contributed by atoms with Crippen molar-refractivity contribution in [1.82, 2.24) is 5.32 Å². The van der Waals surface area contributed by atoms with Gasteiger partial charge in [0.15, 0.2) is 0 Å². The molecule has 3 aromatic rings. The molecule has 1 aliphatic rings. The van der Waals surface area contributed by atoms with E-state index in [9.17, 15) is 13.2 Å². The second-order valence-electron chi connectivity index (χ2n) is 8.41. The van der Waals surface area contributed by atoms with Gasteiger partial charge in [-0.15, -0.1) is 0 Å². The van der Waals surface area contributed by atoms with E-state index in [4.69, 9.17) is 23.2 Å². The lowest BCUT2D eigenvalue weighted by Gasteiger charge is -2.28. The minimum absolute atomic E-state index is 0.0761. The fraction of sp³-hybridized carbons (Fsp3) is 0.269. The molecular weight excluding hydrogens is 505 g/mol. The Kier molecular flexibility index (Phi) is 8.21. The monoisotopic (exact) mass is 531 g/mol. The number of nitrogens with zero attached hydrogens (tertiary/aromatic N) is 2. The van der Waals surface area contributed by atoms with Gasteiger partial charge in [-0.05, 0) is 67.3 Å². The lowest BCUT2D eigenvalue weighted by atomic mass is 10.1. The molecule has 0 radical (unpaired) electrons. The molecule has 0 atom stereocenters. The zero-order valence-corrected chi connectivity index (χ0v) is 21.5. The maximum absolute atomic E-state index is 13.4. The first-order valence-electron chi connectivity index (χ1n) is 11.5. The van der Waals surface area contributed by atoms with Crippen molar-refractivity contribution >= 4 is 50.5 Å². The lowest BCUT2D eigenvalue weighted by Crippen LogP contribution is -2.40. The highest BCUT2D eigenvalue weighted by molar-refractivity contribution is 7.92. The Morgan fingerprint density at radius 3 is 2.23 bits per heavy atom. The Hall–Kier alpha value is -2.74. The second kappa shape index (κ2) is 11.3. The molecule has 35 heavy (non-hydrogen) atoms. The Bertz CT molecular complexity index is 1260. The SMILES string of the molecule is O=C(CN(c1ccc(Cl)c(Cl)c1)S(=O)(=O)c1ccccc1)NCc1ccc(N2CCCCC2)cc1. The van der Waals surface area contributed by atoms with E-state index < -0.39 is 22.5 Å². The Labute approximate surface area is 216 Å². The molecule has 1 fully saturated rings. The van der Waals surface area contributed by atoms with Crippen LogP contribution in [0.1, 0.15) is 24.8 Å². The standard InChI is InChI=1S/C26H27Cl2N3O3S/c27-24-14-13-22(17-25(24)28)31(35(33,34)23-7-3-1-4-8-23)19-26(32)29-18-20-9-11-21(12-10-20)30-15-5-2-6-16-30/h1,3-4,7-14,17H,2,5-6,15-16,18-19H2,(H,29,32). The van der Waals surface area contributed by atoms with Crippen LogP contribution in [0.25, 0.3) is 0 Å². The summed E-state index contributed by atoms with van der Waals surface area (Å²) in [7, 11) is -4.01. The number of amides is 1. The van der Waals surface area contributed by atoms with Crippen molar-refractivity contribution < 1.29 is 13.2 Å². The van der Waals surface area contributed by atoms with E-state index in [1.807, 2.05) is 12.1 Å². The predicted octanol–water partition coefficient (Wildman–Crippen LogP) is 5.50. The average Bonchev–Trinajstić information content (AvgIpc) is 2.89. The molecule has 1 aliphatic heterocycles. The average molecular weight is 532 g/mol. The predicted molar refractivity (Wildman–Crippen MR) is 142 cm³/mol. The number of halogens is 2. The number of rotatable bonds is 8. The van der Waals surface area contributed by atoms with Crippen molar-refractivity contribution in [3.63, 3.8) is 0 Å². The molecule has 0 unspecified atom stereocenters. The van der Waals surface area contributed by atoms with Gasteiger partial charge >= 0.3 is 0 Å². The third kappa shape index (κ3) is 6.28. The third-order valence-electron chi connectivity index (χ3n) is 5.96. The van der Waals surface area contributed by atoms with Crippen molar-refractivity contribution in [2.75, 3.05) is 28.8 Å². The molecule has 6 nitrogen and oxygen atoms in total. The molecule has 0 aliphatic carbocycles. The molecule has 3 aromatic carbocycles. The number of hydrogen-bond acceptors (Lipinski definition) is 4. The molecule has 0 aromatic heterocycles. The van der Waals surface area contributed by atoms with E-state index in [0.717, 1.165) is 23.0 Å². The number of hydrogen-bond donors (Lipinski definition) is 1. The number of carbonyl (C=O) groups excluding carboxylic acids is 1. The van der Waals surface area contributed by atoms with Crippen molar-refractivity contribution in [2.45, 2.75) is 30.7 Å². The summed E-state index contributed by atoms with van der Waals surface area (Å²) in [6.07, 6.45) is 3.69. The molecule has 0 saturated carbocycles. The van der Waals surface area contributed by atoms with Crippen LogP contribution in [-0.2, 0) is 21.4 Å². The van der Waals surface area contributed by atoms with Crippen molar-refractivity contribution in [3.05, 3.63) is 88.4 Å². The minimum atomic E-state index is -4.01. The second-order valence-corrected chi connectivity index (χ2v) is 11.1. The van der Waals surface area contributed by atoms with Gasteiger partial charge in [-0.25, -0.2) is 8.42 Å². The molecule has 9 heteroatoms. The zero-order valence-electron chi connectivity index (χ0n) is 19.2. The molecule has 0 spiro atoms. The van der Waals surface area contributed by atoms with Gasteiger partial charge in [-0.2, -0.15) is 0 Å². The number of anilines is 2. The van der Waals surface area contributed by atoms with Crippen LogP contribution in [0.5, 0.6) is 0 Å². The van der Waals surface area contributed by atoms with Gasteiger partial charge in [-0.1, -0.05) is 53.5 Å². The molecule has 4 rings (SSSR count). The lowest BCUT2D eigenvalue weighted by molar-refractivity contribution is -0.119. The minimum Gasteiger partial charge on any atom is -0.372 e. The summed E-state index contributed by atoms with van der Waals surface area (Å²) in [6.45, 7) is 2.02. The number of carbonyl (C=O) groups is 1. The van der Waals surface area contributed by atoms with Crippen LogP contribution in [0.4, 0.5) is 11.4 Å². The van der Waals surface area contributed by atoms with Gasteiger partial charge in [0.05, 0.1) is 20.6 Å². The van der Waals surface area contributed by atoms with Gasteiger partial charge in [0.1, 0.15) is 6.54 Å². The van der Waals surface area contributed by atoms with Crippen molar-refractivity contribution in [2.24, 2.45) is 0 Å². The Morgan fingerprint density at radius 2 is 1.57 bits per heavy atom. The molecule has 184 valence electrons. The van der Waals surface area contributed by atoms with Crippen LogP contribution in [0.3, 0.4) is 0 Å². The van der Waals surface area contributed by atoms with Crippen LogP contribution in [0, 0.1) is 0 Å². The largest absolute Gasteiger partial charge is 0.372 e. The number of benzene rings is 3. The first-order chi connectivity index (χ1) is 16.8. The Balaban J connectivity index is 1.47. The fourth-order valence-electron chi connectivity index (χ4n) is 4.04. The normalized spacial score (nSPS) is 13.9. The van der Waals surface area contributed by atoms with E-state index in [2.05, 4.69) is 22.3 Å².